The lowest BCUT2D eigenvalue weighted by Crippen LogP contribution is -2.27. The molecule has 15 heteroatoms. The molecule has 0 saturated heterocycles. The maximum atomic E-state index is 13.4. The summed E-state index contributed by atoms with van der Waals surface area (Å²) in [5, 5.41) is 13.4. The normalized spacial score (nSPS) is 20.9. The highest BCUT2D eigenvalue weighted by Gasteiger charge is 2.34. The largest absolute Gasteiger partial charge is 0.393 e. The Labute approximate surface area is 224 Å². The number of nitrogens with two attached hydrogens (primary N) is 1. The van der Waals surface area contributed by atoms with Crippen LogP contribution in [-0.4, -0.2) is 51.0 Å². The summed E-state index contributed by atoms with van der Waals surface area (Å²) < 4.78 is 33.6. The molecular formula is C21H21BrClN6O5S2. The third-order valence-corrected chi connectivity index (χ3v) is 7.90. The van der Waals surface area contributed by atoms with E-state index in [4.69, 9.17) is 21.9 Å². The molecule has 0 aromatic carbocycles. The molecule has 1 aliphatic rings. The summed E-state index contributed by atoms with van der Waals surface area (Å²) >= 11 is 10.8. The minimum atomic E-state index is -4.41. The SMILES string of the molecule is N[C@@H](c1cccc(Br)n1)c1cc(C(=O)c2cncnc2N[C@H]2C[C@H](O)[C@@H]([CH]NS(=O)(=O)O)C2)sc1Cl. The zero-order chi connectivity index (χ0) is 26.0. The predicted molar refractivity (Wildman–Crippen MR) is 138 cm³/mol. The van der Waals surface area contributed by atoms with E-state index in [2.05, 4.69) is 36.2 Å². The van der Waals surface area contributed by atoms with E-state index < -0.39 is 28.4 Å². The number of hydrogen-bond donors (Lipinski definition) is 5. The Morgan fingerprint density at radius 2 is 2.14 bits per heavy atom. The van der Waals surface area contributed by atoms with Crippen molar-refractivity contribution in [3.05, 3.63) is 74.0 Å². The molecule has 1 radical (unpaired) electrons. The third-order valence-electron chi connectivity index (χ3n) is 5.63. The monoisotopic (exact) mass is 615 g/mol. The summed E-state index contributed by atoms with van der Waals surface area (Å²) in [4.78, 5) is 26.2. The maximum absolute atomic E-state index is 13.4. The third kappa shape index (κ3) is 6.44. The van der Waals surface area contributed by atoms with Gasteiger partial charge in [-0.1, -0.05) is 17.7 Å². The number of pyridine rings is 1. The van der Waals surface area contributed by atoms with Gasteiger partial charge in [0, 0.05) is 30.3 Å². The number of hydrogen-bond acceptors (Lipinski definition) is 10. The van der Waals surface area contributed by atoms with Crippen molar-refractivity contribution < 1.29 is 22.9 Å². The number of nitrogens with zero attached hydrogens (tertiary/aromatic N) is 3. The molecule has 11 nitrogen and oxygen atoms in total. The Morgan fingerprint density at radius 3 is 2.86 bits per heavy atom. The molecule has 191 valence electrons. The summed E-state index contributed by atoms with van der Waals surface area (Å²) in [6.45, 7) is 1.13. The number of nitrogens with one attached hydrogen (secondary N) is 2. The van der Waals surface area contributed by atoms with Gasteiger partial charge in [-0.25, -0.2) is 15.0 Å². The van der Waals surface area contributed by atoms with E-state index >= 15 is 0 Å². The zero-order valence-corrected chi connectivity index (χ0v) is 22.4. The molecule has 4 atom stereocenters. The molecule has 36 heavy (non-hydrogen) atoms. The molecule has 3 heterocycles. The van der Waals surface area contributed by atoms with Crippen LogP contribution in [0.1, 0.15) is 45.4 Å². The van der Waals surface area contributed by atoms with Crippen LogP contribution in [-0.2, 0) is 10.3 Å². The van der Waals surface area contributed by atoms with Crippen LogP contribution in [0.2, 0.25) is 4.34 Å². The Morgan fingerprint density at radius 1 is 1.36 bits per heavy atom. The van der Waals surface area contributed by atoms with Crippen LogP contribution < -0.4 is 15.8 Å². The number of carbonyl (C=O) groups excluding carboxylic acids is 1. The number of anilines is 1. The van der Waals surface area contributed by atoms with Gasteiger partial charge in [-0.2, -0.15) is 13.1 Å². The number of thiophene rings is 1. The Bertz CT molecular complexity index is 1370. The zero-order valence-electron chi connectivity index (χ0n) is 18.4. The molecule has 1 saturated carbocycles. The summed E-state index contributed by atoms with van der Waals surface area (Å²) in [5.41, 5.74) is 7.71. The lowest BCUT2D eigenvalue weighted by molar-refractivity contribution is 0.104. The van der Waals surface area contributed by atoms with Crippen LogP contribution in [0.15, 0.2) is 41.4 Å². The smallest absolute Gasteiger partial charge is 0.333 e. The lowest BCUT2D eigenvalue weighted by Gasteiger charge is -2.15. The lowest BCUT2D eigenvalue weighted by atomic mass is 10.1. The Kier molecular flexibility index (Phi) is 8.36. The van der Waals surface area contributed by atoms with Crippen molar-refractivity contribution in [3.63, 3.8) is 0 Å². The first-order chi connectivity index (χ1) is 17.0. The van der Waals surface area contributed by atoms with Crippen molar-refractivity contribution in [2.45, 2.75) is 31.0 Å². The van der Waals surface area contributed by atoms with Crippen LogP contribution in [0.4, 0.5) is 5.82 Å². The maximum Gasteiger partial charge on any atom is 0.333 e. The second kappa shape index (κ2) is 11.1. The minimum absolute atomic E-state index is 0.203. The van der Waals surface area contributed by atoms with Crippen molar-refractivity contribution in [1.82, 2.24) is 19.7 Å². The quantitative estimate of drug-likeness (QED) is 0.136. The second-order valence-electron chi connectivity index (χ2n) is 8.12. The van der Waals surface area contributed by atoms with Gasteiger partial charge in [-0.05, 0) is 47.0 Å². The van der Waals surface area contributed by atoms with E-state index in [1.54, 1.807) is 24.3 Å². The molecule has 0 aliphatic heterocycles. The van der Waals surface area contributed by atoms with Crippen molar-refractivity contribution in [2.24, 2.45) is 11.7 Å². The van der Waals surface area contributed by atoms with Gasteiger partial charge in [0.25, 0.3) is 0 Å². The molecule has 1 aliphatic carbocycles. The van der Waals surface area contributed by atoms with E-state index in [1.165, 1.54) is 12.5 Å². The first-order valence-electron chi connectivity index (χ1n) is 10.6. The van der Waals surface area contributed by atoms with Crippen LogP contribution in [0, 0.1) is 12.5 Å². The molecule has 3 aromatic heterocycles. The first kappa shape index (κ1) is 27.0. The molecule has 0 bridgehead atoms. The molecule has 0 amide bonds. The summed E-state index contributed by atoms with van der Waals surface area (Å²) in [6.07, 6.45) is 2.43. The molecule has 3 aromatic rings. The number of ketones is 1. The first-order valence-corrected chi connectivity index (χ1v) is 14.0. The molecule has 6 N–H and O–H groups in total. The summed E-state index contributed by atoms with van der Waals surface area (Å²) in [7, 11) is -4.41. The fraction of sp³-hybridized carbons (Fsp3) is 0.286. The van der Waals surface area contributed by atoms with Gasteiger partial charge in [0.05, 0.1) is 32.6 Å². The van der Waals surface area contributed by atoms with E-state index in [0.717, 1.165) is 17.9 Å². The van der Waals surface area contributed by atoms with Gasteiger partial charge in [0.2, 0.25) is 5.78 Å². The Hall–Kier alpha value is -2.04. The molecule has 0 spiro atoms. The number of rotatable bonds is 9. The van der Waals surface area contributed by atoms with Crippen molar-refractivity contribution in [1.29, 1.82) is 0 Å². The van der Waals surface area contributed by atoms with Crippen molar-refractivity contribution in [2.75, 3.05) is 5.32 Å². The minimum Gasteiger partial charge on any atom is -0.393 e. The van der Waals surface area contributed by atoms with E-state index in [0.29, 0.717) is 31.5 Å². The van der Waals surface area contributed by atoms with Crippen molar-refractivity contribution in [3.8, 4) is 0 Å². The second-order valence-corrected chi connectivity index (χ2v) is 11.8. The van der Waals surface area contributed by atoms with Crippen molar-refractivity contribution >= 4 is 60.8 Å². The van der Waals surface area contributed by atoms with Crippen LogP contribution >= 0.6 is 38.9 Å². The van der Waals surface area contributed by atoms with Gasteiger partial charge < -0.3 is 16.2 Å². The highest BCUT2D eigenvalue weighted by Crippen LogP contribution is 2.36. The number of carbonyl (C=O) groups is 1. The number of halogens is 2. The molecular weight excluding hydrogens is 596 g/mol. The average Bonchev–Trinajstić information content (AvgIpc) is 3.38. The molecule has 1 fully saturated rings. The highest BCUT2D eigenvalue weighted by molar-refractivity contribution is 9.10. The van der Waals surface area contributed by atoms with Gasteiger partial charge in [-0.15, -0.1) is 11.3 Å². The molecule has 4 rings (SSSR count). The van der Waals surface area contributed by atoms with E-state index in [9.17, 15) is 18.3 Å². The number of aliphatic hydroxyl groups excluding tert-OH is 1. The Balaban J connectivity index is 1.51. The fourth-order valence-corrected chi connectivity index (χ4v) is 5.93. The molecule has 0 unspecified atom stereocenters. The van der Waals surface area contributed by atoms with E-state index in [1.807, 2.05) is 4.72 Å². The van der Waals surface area contributed by atoms with Gasteiger partial charge in [-0.3, -0.25) is 9.35 Å². The van der Waals surface area contributed by atoms with Crippen LogP contribution in [0.25, 0.3) is 0 Å². The average molecular weight is 617 g/mol. The highest BCUT2D eigenvalue weighted by atomic mass is 79.9. The van der Waals surface area contributed by atoms with Crippen LogP contribution in [0.5, 0.6) is 0 Å². The summed E-state index contributed by atoms with van der Waals surface area (Å²) in [5.74, 6) is -0.642. The fourth-order valence-electron chi connectivity index (χ4n) is 3.92. The number of aliphatic hydroxyl groups is 1. The van der Waals surface area contributed by atoms with Crippen LogP contribution in [0.3, 0.4) is 0 Å². The topological polar surface area (TPSA) is 180 Å². The van der Waals surface area contributed by atoms with Gasteiger partial charge in [0.15, 0.2) is 0 Å². The summed E-state index contributed by atoms with van der Waals surface area (Å²) in [6, 6.07) is 6.03. The van der Waals surface area contributed by atoms with E-state index in [-0.39, 0.29) is 29.6 Å². The van der Waals surface area contributed by atoms with Gasteiger partial charge >= 0.3 is 10.3 Å². The predicted octanol–water partition coefficient (Wildman–Crippen LogP) is 2.73. The number of aromatic nitrogens is 3. The standard InChI is InChI=1S/C21H21BrClN6O5S2/c22-17-3-1-2-14(29-17)18(24)12-6-16(35-20(12)23)19(31)13-8-25-9-26-21(13)28-11-4-10(15(30)5-11)7-27-36(32,33)34/h1-3,6-11,15,18,27,30H,4-5,24H2,(H,25,26,28)(H,32,33,34)/t10-,11-,15+,18-/m1/s1. The van der Waals surface area contributed by atoms with Gasteiger partial charge in [0.1, 0.15) is 16.7 Å².